The molecule has 1 N–H and O–H groups in total. The van der Waals surface area contributed by atoms with Crippen molar-refractivity contribution in [3.63, 3.8) is 0 Å². The van der Waals surface area contributed by atoms with Crippen LogP contribution in [0.15, 0.2) is 48.5 Å². The first-order chi connectivity index (χ1) is 18.1. The Morgan fingerprint density at radius 2 is 1.71 bits per heavy atom. The van der Waals surface area contributed by atoms with Crippen molar-refractivity contribution in [3.8, 4) is 0 Å². The summed E-state index contributed by atoms with van der Waals surface area (Å²) >= 11 is 6.42. The first kappa shape index (κ1) is 30.0. The van der Waals surface area contributed by atoms with Crippen molar-refractivity contribution in [2.45, 2.75) is 83.8 Å². The van der Waals surface area contributed by atoms with Gasteiger partial charge in [-0.05, 0) is 55.9 Å². The van der Waals surface area contributed by atoms with E-state index in [0.29, 0.717) is 23.6 Å². The van der Waals surface area contributed by atoms with E-state index >= 15 is 0 Å². The zero-order valence-electron chi connectivity index (χ0n) is 22.7. The third-order valence-corrected chi connectivity index (χ3v) is 8.72. The van der Waals surface area contributed by atoms with Gasteiger partial charge in [0.2, 0.25) is 21.8 Å². The van der Waals surface area contributed by atoms with Crippen LogP contribution in [0.1, 0.15) is 69.4 Å². The van der Waals surface area contributed by atoms with Crippen LogP contribution in [-0.4, -0.2) is 50.0 Å². The lowest BCUT2D eigenvalue weighted by Gasteiger charge is -2.33. The summed E-state index contributed by atoms with van der Waals surface area (Å²) in [7, 11) is -3.54. The third-order valence-electron chi connectivity index (χ3n) is 7.17. The highest BCUT2D eigenvalue weighted by Gasteiger charge is 2.31. The predicted molar refractivity (Wildman–Crippen MR) is 154 cm³/mol. The van der Waals surface area contributed by atoms with Gasteiger partial charge < -0.3 is 10.2 Å². The van der Waals surface area contributed by atoms with Crippen LogP contribution in [0.25, 0.3) is 0 Å². The summed E-state index contributed by atoms with van der Waals surface area (Å²) in [6, 6.07) is 14.1. The molecule has 1 aliphatic rings. The number of halogens is 1. The molecule has 0 saturated heterocycles. The predicted octanol–water partition coefficient (Wildman–Crippen LogP) is 5.45. The van der Waals surface area contributed by atoms with E-state index in [1.165, 1.54) is 17.0 Å². The highest BCUT2D eigenvalue weighted by molar-refractivity contribution is 7.92. The van der Waals surface area contributed by atoms with Gasteiger partial charge in [-0.25, -0.2) is 8.42 Å². The number of amides is 2. The van der Waals surface area contributed by atoms with E-state index in [1.54, 1.807) is 23.1 Å². The number of anilines is 1. The summed E-state index contributed by atoms with van der Waals surface area (Å²) < 4.78 is 26.5. The number of carbonyl (C=O) groups is 2. The zero-order chi connectivity index (χ0) is 27.7. The number of carbonyl (C=O) groups excluding carboxylic acids is 2. The van der Waals surface area contributed by atoms with Gasteiger partial charge in [-0.15, -0.1) is 0 Å². The second kappa shape index (κ2) is 14.0. The number of para-hydroxylation sites is 1. The summed E-state index contributed by atoms with van der Waals surface area (Å²) in [5.41, 5.74) is 2.22. The van der Waals surface area contributed by atoms with E-state index in [2.05, 4.69) is 5.32 Å². The van der Waals surface area contributed by atoms with Gasteiger partial charge in [0, 0.05) is 30.6 Å². The van der Waals surface area contributed by atoms with E-state index in [9.17, 15) is 18.0 Å². The number of benzene rings is 2. The van der Waals surface area contributed by atoms with Crippen molar-refractivity contribution >= 4 is 39.1 Å². The molecule has 0 spiro atoms. The van der Waals surface area contributed by atoms with Crippen molar-refractivity contribution < 1.29 is 18.0 Å². The number of nitrogens with zero attached hydrogens (tertiary/aromatic N) is 2. The molecule has 0 aliphatic heterocycles. The number of hydrogen-bond acceptors (Lipinski definition) is 4. The summed E-state index contributed by atoms with van der Waals surface area (Å²) in [6.07, 6.45) is 7.37. The Labute approximate surface area is 232 Å². The van der Waals surface area contributed by atoms with Crippen molar-refractivity contribution in [1.29, 1.82) is 0 Å². The molecule has 0 bridgehead atoms. The van der Waals surface area contributed by atoms with Crippen LogP contribution in [0.4, 0.5) is 5.69 Å². The Balaban J connectivity index is 1.77. The molecule has 0 radical (unpaired) electrons. The molecule has 0 aromatic heterocycles. The monoisotopic (exact) mass is 561 g/mol. The Morgan fingerprint density at radius 1 is 1.05 bits per heavy atom. The molecule has 0 unspecified atom stereocenters. The molecule has 2 aromatic carbocycles. The lowest BCUT2D eigenvalue weighted by atomic mass is 9.95. The fraction of sp³-hybridized carbons (Fsp3) is 0.517. The van der Waals surface area contributed by atoms with Gasteiger partial charge in [0.05, 0.1) is 11.9 Å². The molecule has 7 nitrogen and oxygen atoms in total. The molecule has 1 saturated carbocycles. The van der Waals surface area contributed by atoms with Crippen molar-refractivity contribution in [1.82, 2.24) is 10.2 Å². The standard InChI is InChI=1S/C29H40ClN3O4S/c1-4-26(29(35)31-24-15-6-5-7-16-24)32(21-23-14-9-10-17-25(23)30)28(34)19-12-20-33(38(3,36)37)27-18-11-8-13-22(27)2/h8-11,13-14,17-18,24,26H,4-7,12,15-16,19-21H2,1-3H3,(H,31,35)/t26-/m1/s1. The molecule has 1 aliphatic carbocycles. The first-order valence-corrected chi connectivity index (χ1v) is 15.7. The lowest BCUT2D eigenvalue weighted by molar-refractivity contribution is -0.141. The van der Waals surface area contributed by atoms with Crippen LogP contribution in [0.3, 0.4) is 0 Å². The molecular formula is C29H40ClN3O4S. The van der Waals surface area contributed by atoms with Crippen LogP contribution in [0.2, 0.25) is 5.02 Å². The van der Waals surface area contributed by atoms with Crippen LogP contribution in [0.5, 0.6) is 0 Å². The maximum absolute atomic E-state index is 13.6. The number of rotatable bonds is 12. The second-order valence-corrected chi connectivity index (χ2v) is 12.4. The van der Waals surface area contributed by atoms with Gasteiger partial charge in [-0.1, -0.05) is 74.2 Å². The van der Waals surface area contributed by atoms with E-state index in [4.69, 9.17) is 11.6 Å². The highest BCUT2D eigenvalue weighted by atomic mass is 35.5. The fourth-order valence-electron chi connectivity index (χ4n) is 5.10. The fourth-order valence-corrected chi connectivity index (χ4v) is 6.32. The minimum absolute atomic E-state index is 0.107. The smallest absolute Gasteiger partial charge is 0.243 e. The average molecular weight is 562 g/mol. The molecule has 1 fully saturated rings. The molecule has 2 aromatic rings. The van der Waals surface area contributed by atoms with Gasteiger partial charge in [0.1, 0.15) is 6.04 Å². The second-order valence-electron chi connectivity index (χ2n) is 10.1. The van der Waals surface area contributed by atoms with Crippen LogP contribution in [-0.2, 0) is 26.2 Å². The number of aryl methyl sites for hydroxylation is 1. The van der Waals surface area contributed by atoms with E-state index in [0.717, 1.165) is 36.8 Å². The summed E-state index contributed by atoms with van der Waals surface area (Å²) in [5, 5.41) is 3.71. The summed E-state index contributed by atoms with van der Waals surface area (Å²) in [6.45, 7) is 4.14. The first-order valence-electron chi connectivity index (χ1n) is 13.5. The third kappa shape index (κ3) is 8.21. The quantitative estimate of drug-likeness (QED) is 0.373. The number of hydrogen-bond donors (Lipinski definition) is 1. The summed E-state index contributed by atoms with van der Waals surface area (Å²) in [5.74, 6) is -0.341. The maximum atomic E-state index is 13.6. The van der Waals surface area contributed by atoms with Gasteiger partial charge in [-0.2, -0.15) is 0 Å². The normalized spacial score (nSPS) is 15.1. The largest absolute Gasteiger partial charge is 0.352 e. The van der Waals surface area contributed by atoms with Crippen LogP contribution in [0, 0.1) is 6.92 Å². The molecule has 1 atom stereocenters. The van der Waals surface area contributed by atoms with E-state index < -0.39 is 16.1 Å². The van der Waals surface area contributed by atoms with Crippen molar-refractivity contribution in [2.75, 3.05) is 17.1 Å². The molecular weight excluding hydrogens is 522 g/mol. The number of sulfonamides is 1. The van der Waals surface area contributed by atoms with Crippen LogP contribution >= 0.6 is 11.6 Å². The number of nitrogens with one attached hydrogen (secondary N) is 1. The van der Waals surface area contributed by atoms with Gasteiger partial charge in [-0.3, -0.25) is 13.9 Å². The Kier molecular flexibility index (Phi) is 11.0. The Bertz CT molecular complexity index is 1200. The Hall–Kier alpha value is -2.58. The molecule has 2 amide bonds. The summed E-state index contributed by atoms with van der Waals surface area (Å²) in [4.78, 5) is 28.6. The van der Waals surface area contributed by atoms with Gasteiger partial charge >= 0.3 is 0 Å². The molecule has 3 rings (SSSR count). The Morgan fingerprint density at radius 3 is 2.34 bits per heavy atom. The molecule has 38 heavy (non-hydrogen) atoms. The zero-order valence-corrected chi connectivity index (χ0v) is 24.2. The van der Waals surface area contributed by atoms with Crippen molar-refractivity contribution in [2.24, 2.45) is 0 Å². The minimum atomic E-state index is -3.54. The van der Waals surface area contributed by atoms with Gasteiger partial charge in [0.25, 0.3) is 0 Å². The molecule has 9 heteroatoms. The molecule has 0 heterocycles. The topological polar surface area (TPSA) is 86.8 Å². The van der Waals surface area contributed by atoms with Gasteiger partial charge in [0.15, 0.2) is 0 Å². The average Bonchev–Trinajstić information content (AvgIpc) is 2.88. The highest BCUT2D eigenvalue weighted by Crippen LogP contribution is 2.24. The van der Waals surface area contributed by atoms with Crippen molar-refractivity contribution in [3.05, 3.63) is 64.7 Å². The molecule has 208 valence electrons. The van der Waals surface area contributed by atoms with E-state index in [1.807, 2.05) is 44.2 Å². The van der Waals surface area contributed by atoms with E-state index in [-0.39, 0.29) is 37.4 Å². The minimum Gasteiger partial charge on any atom is -0.352 e. The maximum Gasteiger partial charge on any atom is 0.243 e. The van der Waals surface area contributed by atoms with Crippen LogP contribution < -0.4 is 9.62 Å². The SMILES string of the molecule is CC[C@H](C(=O)NC1CCCCC1)N(Cc1ccccc1Cl)C(=O)CCCN(c1ccccc1C)S(C)(=O)=O. The lowest BCUT2D eigenvalue weighted by Crippen LogP contribution is -2.51.